The molecule has 2 aromatic carbocycles. The molecule has 1 aliphatic rings. The molecule has 0 N–H and O–H groups in total. The molecule has 5 nitrogen and oxygen atoms in total. The second kappa shape index (κ2) is 8.27. The van der Waals surface area contributed by atoms with Gasteiger partial charge in [-0.15, -0.1) is 11.3 Å². The summed E-state index contributed by atoms with van der Waals surface area (Å²) in [7, 11) is 0. The molecular formula is C23H23N3O2S. The zero-order chi connectivity index (χ0) is 19.5. The van der Waals surface area contributed by atoms with Crippen molar-refractivity contribution < 1.29 is 9.26 Å². The average Bonchev–Trinajstić information content (AvgIpc) is 3.39. The van der Waals surface area contributed by atoms with Crippen molar-refractivity contribution in [3.05, 3.63) is 66.0 Å². The molecule has 1 fully saturated rings. The first kappa shape index (κ1) is 18.2. The van der Waals surface area contributed by atoms with Crippen LogP contribution in [0.5, 0.6) is 5.75 Å². The SMILES string of the molecule is c1ccc(N2CCN(CCOc3cccc(-c4noc5ccsc45)c3)CC2)cc1. The van der Waals surface area contributed by atoms with Crippen molar-refractivity contribution in [3.8, 4) is 17.0 Å². The summed E-state index contributed by atoms with van der Waals surface area (Å²) < 4.78 is 12.5. The van der Waals surface area contributed by atoms with E-state index in [1.54, 1.807) is 11.3 Å². The number of hydrogen-bond donors (Lipinski definition) is 0. The van der Waals surface area contributed by atoms with Gasteiger partial charge in [0, 0.05) is 44.0 Å². The summed E-state index contributed by atoms with van der Waals surface area (Å²) in [5.41, 5.74) is 4.07. The molecule has 6 heteroatoms. The number of nitrogens with zero attached hydrogens (tertiary/aromatic N) is 3. The number of para-hydroxylation sites is 1. The maximum Gasteiger partial charge on any atom is 0.178 e. The molecule has 3 heterocycles. The van der Waals surface area contributed by atoms with Crippen LogP contribution in [-0.4, -0.2) is 49.4 Å². The van der Waals surface area contributed by atoms with Crippen LogP contribution in [0.15, 0.2) is 70.6 Å². The summed E-state index contributed by atoms with van der Waals surface area (Å²) in [5.74, 6) is 0.873. The van der Waals surface area contributed by atoms with Gasteiger partial charge in [0.1, 0.15) is 22.8 Å². The first-order valence-electron chi connectivity index (χ1n) is 9.95. The Labute approximate surface area is 174 Å². The van der Waals surface area contributed by atoms with E-state index >= 15 is 0 Å². The third-order valence-electron chi connectivity index (χ3n) is 5.36. The van der Waals surface area contributed by atoms with E-state index < -0.39 is 0 Å². The first-order chi connectivity index (χ1) is 14.4. The number of hydrogen-bond acceptors (Lipinski definition) is 6. The quantitative estimate of drug-likeness (QED) is 0.463. The maximum atomic E-state index is 6.04. The van der Waals surface area contributed by atoms with Gasteiger partial charge in [-0.25, -0.2) is 0 Å². The Kier molecular flexibility index (Phi) is 5.19. The Morgan fingerprint density at radius 2 is 1.83 bits per heavy atom. The summed E-state index contributed by atoms with van der Waals surface area (Å²) >= 11 is 1.65. The lowest BCUT2D eigenvalue weighted by atomic mass is 10.1. The third kappa shape index (κ3) is 3.99. The molecule has 2 aromatic heterocycles. The third-order valence-corrected chi connectivity index (χ3v) is 6.26. The van der Waals surface area contributed by atoms with Crippen molar-refractivity contribution in [1.82, 2.24) is 10.1 Å². The molecule has 0 bridgehead atoms. The molecule has 4 aromatic rings. The second-order valence-corrected chi connectivity index (χ2v) is 8.10. The van der Waals surface area contributed by atoms with Gasteiger partial charge >= 0.3 is 0 Å². The van der Waals surface area contributed by atoms with Gasteiger partial charge in [0.05, 0.1) is 0 Å². The Morgan fingerprint density at radius 1 is 0.966 bits per heavy atom. The standard InChI is InChI=1S/C23H23N3O2S/c1-2-6-19(7-3-1)26-12-10-25(11-13-26)14-15-27-20-8-4-5-18(17-20)22-23-21(28-24-22)9-16-29-23/h1-9,16-17H,10-15H2. The van der Waals surface area contributed by atoms with E-state index in [0.29, 0.717) is 6.61 Å². The molecule has 0 amide bonds. The van der Waals surface area contributed by atoms with E-state index in [4.69, 9.17) is 9.26 Å². The van der Waals surface area contributed by atoms with E-state index in [2.05, 4.69) is 45.3 Å². The van der Waals surface area contributed by atoms with Crippen molar-refractivity contribution in [2.24, 2.45) is 0 Å². The Hall–Kier alpha value is -2.83. The van der Waals surface area contributed by atoms with Gasteiger partial charge in [0.15, 0.2) is 5.58 Å². The van der Waals surface area contributed by atoms with E-state index in [-0.39, 0.29) is 0 Å². The molecule has 1 aliphatic heterocycles. The fraction of sp³-hybridized carbons (Fsp3) is 0.261. The number of benzene rings is 2. The van der Waals surface area contributed by atoms with Crippen LogP contribution in [0.3, 0.4) is 0 Å². The lowest BCUT2D eigenvalue weighted by Crippen LogP contribution is -2.47. The number of anilines is 1. The van der Waals surface area contributed by atoms with Crippen molar-refractivity contribution in [2.45, 2.75) is 0 Å². The summed E-state index contributed by atoms with van der Waals surface area (Å²) in [5, 5.41) is 6.24. The van der Waals surface area contributed by atoms with Crippen LogP contribution in [0, 0.1) is 0 Å². The Balaban J connectivity index is 1.14. The smallest absolute Gasteiger partial charge is 0.178 e. The molecule has 0 unspecified atom stereocenters. The minimum Gasteiger partial charge on any atom is -0.492 e. The molecule has 5 rings (SSSR count). The van der Waals surface area contributed by atoms with Gasteiger partial charge in [0.25, 0.3) is 0 Å². The van der Waals surface area contributed by atoms with E-state index in [9.17, 15) is 0 Å². The topological polar surface area (TPSA) is 41.7 Å². The van der Waals surface area contributed by atoms with Crippen LogP contribution < -0.4 is 9.64 Å². The van der Waals surface area contributed by atoms with Crippen molar-refractivity contribution in [3.63, 3.8) is 0 Å². The van der Waals surface area contributed by atoms with Crippen LogP contribution in [0.2, 0.25) is 0 Å². The summed E-state index contributed by atoms with van der Waals surface area (Å²) in [4.78, 5) is 4.92. The van der Waals surface area contributed by atoms with Gasteiger partial charge in [-0.1, -0.05) is 35.5 Å². The van der Waals surface area contributed by atoms with Crippen LogP contribution in [0.25, 0.3) is 21.5 Å². The van der Waals surface area contributed by atoms with Crippen LogP contribution in [0.4, 0.5) is 5.69 Å². The highest BCUT2D eigenvalue weighted by Crippen LogP contribution is 2.33. The predicted molar refractivity (Wildman–Crippen MR) is 118 cm³/mol. The highest BCUT2D eigenvalue weighted by atomic mass is 32.1. The van der Waals surface area contributed by atoms with Crippen LogP contribution in [-0.2, 0) is 0 Å². The Morgan fingerprint density at radius 3 is 2.69 bits per heavy atom. The molecule has 0 saturated carbocycles. The normalized spacial score (nSPS) is 15.1. The monoisotopic (exact) mass is 405 g/mol. The fourth-order valence-electron chi connectivity index (χ4n) is 3.76. The molecule has 1 saturated heterocycles. The molecule has 0 radical (unpaired) electrons. The minimum absolute atomic E-state index is 0.683. The van der Waals surface area contributed by atoms with Crippen LogP contribution in [0.1, 0.15) is 0 Å². The minimum atomic E-state index is 0.683. The Bertz CT molecular complexity index is 1070. The zero-order valence-corrected chi connectivity index (χ0v) is 17.0. The number of rotatable bonds is 6. The van der Waals surface area contributed by atoms with Crippen molar-refractivity contribution in [1.29, 1.82) is 0 Å². The molecule has 0 atom stereocenters. The lowest BCUT2D eigenvalue weighted by Gasteiger charge is -2.36. The number of aromatic nitrogens is 1. The molecule has 148 valence electrons. The van der Waals surface area contributed by atoms with Gasteiger partial charge in [-0.05, 0) is 35.7 Å². The highest BCUT2D eigenvalue weighted by molar-refractivity contribution is 7.17. The van der Waals surface area contributed by atoms with E-state index in [1.165, 1.54) is 5.69 Å². The average molecular weight is 406 g/mol. The van der Waals surface area contributed by atoms with E-state index in [0.717, 1.165) is 60.0 Å². The number of ether oxygens (including phenoxy) is 1. The van der Waals surface area contributed by atoms with Gasteiger partial charge in [0.2, 0.25) is 0 Å². The van der Waals surface area contributed by atoms with Gasteiger partial charge in [-0.2, -0.15) is 0 Å². The van der Waals surface area contributed by atoms with Crippen molar-refractivity contribution >= 4 is 27.3 Å². The molecule has 0 spiro atoms. The van der Waals surface area contributed by atoms with Crippen LogP contribution >= 0.6 is 11.3 Å². The fourth-order valence-corrected chi connectivity index (χ4v) is 4.57. The number of thiophene rings is 1. The summed E-state index contributed by atoms with van der Waals surface area (Å²) in [6.45, 7) is 5.86. The zero-order valence-electron chi connectivity index (χ0n) is 16.2. The lowest BCUT2D eigenvalue weighted by molar-refractivity contribution is 0.200. The first-order valence-corrected chi connectivity index (χ1v) is 10.8. The predicted octanol–water partition coefficient (Wildman–Crippen LogP) is 4.76. The number of piperazine rings is 1. The van der Waals surface area contributed by atoms with E-state index in [1.807, 2.05) is 35.7 Å². The van der Waals surface area contributed by atoms with Gasteiger partial charge in [-0.3, -0.25) is 4.90 Å². The van der Waals surface area contributed by atoms with Crippen molar-refractivity contribution in [2.75, 3.05) is 44.2 Å². The maximum absolute atomic E-state index is 6.04. The molecule has 29 heavy (non-hydrogen) atoms. The second-order valence-electron chi connectivity index (χ2n) is 7.19. The molecular weight excluding hydrogens is 382 g/mol. The largest absolute Gasteiger partial charge is 0.492 e. The summed E-state index contributed by atoms with van der Waals surface area (Å²) in [6, 6.07) is 20.7. The number of fused-ring (bicyclic) bond motifs is 1. The molecule has 0 aliphatic carbocycles. The summed E-state index contributed by atoms with van der Waals surface area (Å²) in [6.07, 6.45) is 0. The van der Waals surface area contributed by atoms with Gasteiger partial charge < -0.3 is 14.2 Å². The highest BCUT2D eigenvalue weighted by Gasteiger charge is 2.17.